The van der Waals surface area contributed by atoms with E-state index in [4.69, 9.17) is 4.84 Å². The molecule has 0 aromatic heterocycles. The van der Waals surface area contributed by atoms with Gasteiger partial charge in [0.1, 0.15) is 0 Å². The first-order valence-corrected chi connectivity index (χ1v) is 7.21. The van der Waals surface area contributed by atoms with Crippen LogP contribution in [0.5, 0.6) is 0 Å². The first kappa shape index (κ1) is 13.6. The lowest BCUT2D eigenvalue weighted by Gasteiger charge is -2.17. The molecule has 18 heavy (non-hydrogen) atoms. The van der Waals surface area contributed by atoms with Crippen molar-refractivity contribution in [3.63, 3.8) is 0 Å². The van der Waals surface area contributed by atoms with Crippen molar-refractivity contribution in [2.75, 3.05) is 0 Å². The number of nitrogens with one attached hydrogen (secondary N) is 1. The van der Waals surface area contributed by atoms with Crippen LogP contribution < -0.4 is 5.48 Å². The standard InChI is InChI=1S/C16H25NO/c1-13-6-5-7-15(12-13)11-10-14(2)17-18-16-8-3-4-9-16/h5-7,12,14,16-17H,3-4,8-11H2,1-2H3. The monoisotopic (exact) mass is 247 g/mol. The van der Waals surface area contributed by atoms with Gasteiger partial charge in [-0.3, -0.25) is 4.84 Å². The SMILES string of the molecule is Cc1cccc(CCC(C)NOC2CCCC2)c1. The Bertz CT molecular complexity index is 358. The Kier molecular flexibility index (Phi) is 5.21. The second-order valence-electron chi connectivity index (χ2n) is 5.57. The number of rotatable bonds is 6. The molecule has 100 valence electrons. The summed E-state index contributed by atoms with van der Waals surface area (Å²) in [5.74, 6) is 0. The van der Waals surface area contributed by atoms with Crippen LogP contribution in [0.1, 0.15) is 50.2 Å². The van der Waals surface area contributed by atoms with Gasteiger partial charge in [-0.2, -0.15) is 5.48 Å². The maximum absolute atomic E-state index is 5.73. The molecule has 0 radical (unpaired) electrons. The molecule has 1 N–H and O–H groups in total. The zero-order valence-corrected chi connectivity index (χ0v) is 11.6. The number of hydroxylamine groups is 1. The molecule has 2 nitrogen and oxygen atoms in total. The molecule has 1 aromatic rings. The van der Waals surface area contributed by atoms with Crippen molar-refractivity contribution in [2.45, 2.75) is 64.5 Å². The predicted molar refractivity (Wildman–Crippen MR) is 75.4 cm³/mol. The van der Waals surface area contributed by atoms with Gasteiger partial charge in [0.05, 0.1) is 6.10 Å². The highest BCUT2D eigenvalue weighted by Crippen LogP contribution is 2.20. The highest BCUT2D eigenvalue weighted by Gasteiger charge is 2.16. The number of benzene rings is 1. The van der Waals surface area contributed by atoms with E-state index in [1.54, 1.807) is 0 Å². The van der Waals surface area contributed by atoms with Gasteiger partial charge >= 0.3 is 0 Å². The molecular weight excluding hydrogens is 222 g/mol. The van der Waals surface area contributed by atoms with Gasteiger partial charge in [0.25, 0.3) is 0 Å². The highest BCUT2D eigenvalue weighted by molar-refractivity contribution is 5.22. The highest BCUT2D eigenvalue weighted by atomic mass is 16.7. The molecule has 1 atom stereocenters. The molecule has 1 fully saturated rings. The first-order valence-electron chi connectivity index (χ1n) is 7.21. The Morgan fingerprint density at radius 1 is 1.33 bits per heavy atom. The lowest BCUT2D eigenvalue weighted by Crippen LogP contribution is -2.30. The van der Waals surface area contributed by atoms with Crippen molar-refractivity contribution in [2.24, 2.45) is 0 Å². The molecule has 0 spiro atoms. The van der Waals surface area contributed by atoms with E-state index in [1.165, 1.54) is 36.8 Å². The summed E-state index contributed by atoms with van der Waals surface area (Å²) in [5.41, 5.74) is 5.97. The van der Waals surface area contributed by atoms with Crippen molar-refractivity contribution in [1.82, 2.24) is 5.48 Å². The minimum atomic E-state index is 0.422. The lowest BCUT2D eigenvalue weighted by atomic mass is 10.0. The summed E-state index contributed by atoms with van der Waals surface area (Å²) in [6, 6.07) is 9.18. The fourth-order valence-electron chi connectivity index (χ4n) is 2.53. The third kappa shape index (κ3) is 4.43. The van der Waals surface area contributed by atoms with E-state index in [0.717, 1.165) is 12.8 Å². The maximum Gasteiger partial charge on any atom is 0.0790 e. The summed E-state index contributed by atoms with van der Waals surface area (Å²) in [4.78, 5) is 5.73. The first-order chi connectivity index (χ1) is 8.74. The molecule has 0 amide bonds. The van der Waals surface area contributed by atoms with Crippen LogP contribution in [0.25, 0.3) is 0 Å². The van der Waals surface area contributed by atoms with E-state index >= 15 is 0 Å². The smallest absolute Gasteiger partial charge is 0.0790 e. The molecule has 0 bridgehead atoms. The maximum atomic E-state index is 5.73. The Hall–Kier alpha value is -0.860. The van der Waals surface area contributed by atoms with E-state index in [2.05, 4.69) is 43.6 Å². The molecular formula is C16H25NO. The third-order valence-electron chi connectivity index (χ3n) is 3.69. The van der Waals surface area contributed by atoms with Crippen LogP contribution in [0.2, 0.25) is 0 Å². The summed E-state index contributed by atoms with van der Waals surface area (Å²) >= 11 is 0. The number of hydrogen-bond donors (Lipinski definition) is 1. The van der Waals surface area contributed by atoms with Gasteiger partial charge in [0, 0.05) is 6.04 Å². The van der Waals surface area contributed by atoms with Crippen LogP contribution in [0.15, 0.2) is 24.3 Å². The Balaban J connectivity index is 1.66. The molecule has 2 heteroatoms. The van der Waals surface area contributed by atoms with Crippen molar-refractivity contribution >= 4 is 0 Å². The largest absolute Gasteiger partial charge is 0.298 e. The summed E-state index contributed by atoms with van der Waals surface area (Å²) in [5, 5.41) is 0. The van der Waals surface area contributed by atoms with E-state index < -0.39 is 0 Å². The third-order valence-corrected chi connectivity index (χ3v) is 3.69. The normalized spacial score (nSPS) is 18.1. The summed E-state index contributed by atoms with van der Waals surface area (Å²) in [6.45, 7) is 4.35. The van der Waals surface area contributed by atoms with E-state index in [0.29, 0.717) is 12.1 Å². The van der Waals surface area contributed by atoms with Crippen LogP contribution in [0, 0.1) is 6.92 Å². The molecule has 1 unspecified atom stereocenters. The van der Waals surface area contributed by atoms with Gasteiger partial charge in [-0.15, -0.1) is 0 Å². The van der Waals surface area contributed by atoms with Gasteiger partial charge in [0.15, 0.2) is 0 Å². The minimum absolute atomic E-state index is 0.422. The Morgan fingerprint density at radius 3 is 2.83 bits per heavy atom. The van der Waals surface area contributed by atoms with Crippen LogP contribution >= 0.6 is 0 Å². The molecule has 2 rings (SSSR count). The second kappa shape index (κ2) is 6.91. The van der Waals surface area contributed by atoms with E-state index in [9.17, 15) is 0 Å². The van der Waals surface area contributed by atoms with Crippen LogP contribution in [0.4, 0.5) is 0 Å². The second-order valence-corrected chi connectivity index (χ2v) is 5.57. The van der Waals surface area contributed by atoms with Crippen molar-refractivity contribution in [3.8, 4) is 0 Å². The fraction of sp³-hybridized carbons (Fsp3) is 0.625. The van der Waals surface area contributed by atoms with Gasteiger partial charge in [-0.1, -0.05) is 42.7 Å². The zero-order valence-electron chi connectivity index (χ0n) is 11.6. The van der Waals surface area contributed by atoms with Gasteiger partial charge in [0.2, 0.25) is 0 Å². The molecule has 1 aliphatic carbocycles. The van der Waals surface area contributed by atoms with Gasteiger partial charge < -0.3 is 0 Å². The molecule has 1 aromatic carbocycles. The van der Waals surface area contributed by atoms with E-state index in [-0.39, 0.29) is 0 Å². The Morgan fingerprint density at radius 2 is 2.11 bits per heavy atom. The fourth-order valence-corrected chi connectivity index (χ4v) is 2.53. The zero-order chi connectivity index (χ0) is 12.8. The van der Waals surface area contributed by atoms with Crippen molar-refractivity contribution in [1.29, 1.82) is 0 Å². The van der Waals surface area contributed by atoms with Crippen LogP contribution in [-0.2, 0) is 11.3 Å². The van der Waals surface area contributed by atoms with Crippen molar-refractivity contribution in [3.05, 3.63) is 35.4 Å². The molecule has 1 aliphatic rings. The van der Waals surface area contributed by atoms with Crippen molar-refractivity contribution < 1.29 is 4.84 Å². The number of aryl methyl sites for hydroxylation is 2. The van der Waals surface area contributed by atoms with E-state index in [1.807, 2.05) is 0 Å². The quantitative estimate of drug-likeness (QED) is 0.772. The average Bonchev–Trinajstić information content (AvgIpc) is 2.87. The van der Waals surface area contributed by atoms with Crippen LogP contribution in [0.3, 0.4) is 0 Å². The average molecular weight is 247 g/mol. The molecule has 0 aliphatic heterocycles. The summed E-state index contributed by atoms with van der Waals surface area (Å²) < 4.78 is 0. The minimum Gasteiger partial charge on any atom is -0.298 e. The summed E-state index contributed by atoms with van der Waals surface area (Å²) in [7, 11) is 0. The Labute approximate surface area is 111 Å². The van der Waals surface area contributed by atoms with Gasteiger partial charge in [-0.05, 0) is 45.1 Å². The molecule has 1 saturated carbocycles. The van der Waals surface area contributed by atoms with Gasteiger partial charge in [-0.25, -0.2) is 0 Å². The summed E-state index contributed by atoms with van der Waals surface area (Å²) in [6.07, 6.45) is 7.77. The lowest BCUT2D eigenvalue weighted by molar-refractivity contribution is -0.0382. The predicted octanol–water partition coefficient (Wildman–Crippen LogP) is 3.78. The topological polar surface area (TPSA) is 21.3 Å². The molecule has 0 heterocycles. The van der Waals surface area contributed by atoms with Crippen LogP contribution in [-0.4, -0.2) is 12.1 Å². The number of hydrogen-bond acceptors (Lipinski definition) is 2. The molecule has 0 saturated heterocycles.